The van der Waals surface area contributed by atoms with Crippen LogP contribution in [0.1, 0.15) is 37.7 Å². The number of ether oxygens (including phenoxy) is 2. The summed E-state index contributed by atoms with van der Waals surface area (Å²) in [5, 5.41) is 15.1. The molecule has 0 aromatic heterocycles. The monoisotopic (exact) mass is 521 g/mol. The number of carbonyl (C=O) groups excluding carboxylic acids is 3. The van der Waals surface area contributed by atoms with Crippen molar-refractivity contribution in [2.45, 2.75) is 56.4 Å². The molecule has 3 fully saturated rings. The molecule has 0 aliphatic carbocycles. The maximum Gasteiger partial charge on any atom is 0.250 e. The van der Waals surface area contributed by atoms with E-state index in [1.165, 1.54) is 0 Å². The van der Waals surface area contributed by atoms with Crippen LogP contribution in [0.3, 0.4) is 0 Å². The van der Waals surface area contributed by atoms with Crippen molar-refractivity contribution in [3.8, 4) is 5.75 Å². The molecule has 2 aromatic carbocycles. The number of nitrogens with zero attached hydrogens (tertiary/aromatic N) is 1. The number of methoxy groups -OCH3 is 1. The van der Waals surface area contributed by atoms with E-state index in [2.05, 4.69) is 10.6 Å². The number of fused-ring (bicyclic) bond motifs is 1. The zero-order valence-electron chi connectivity index (χ0n) is 21.6. The van der Waals surface area contributed by atoms with Crippen LogP contribution in [0.2, 0.25) is 0 Å². The van der Waals surface area contributed by atoms with E-state index in [0.29, 0.717) is 50.2 Å². The van der Waals surface area contributed by atoms with Gasteiger partial charge in [0, 0.05) is 25.4 Å². The van der Waals surface area contributed by atoms with Crippen LogP contribution in [-0.4, -0.2) is 65.7 Å². The maximum atomic E-state index is 13.9. The first-order valence-corrected chi connectivity index (χ1v) is 13.3. The molecule has 2 unspecified atom stereocenters. The number of aliphatic hydroxyl groups is 1. The Bertz CT molecular complexity index is 1160. The van der Waals surface area contributed by atoms with Crippen molar-refractivity contribution in [1.29, 1.82) is 0 Å². The highest BCUT2D eigenvalue weighted by Gasteiger charge is 2.74. The first-order chi connectivity index (χ1) is 18.5. The van der Waals surface area contributed by atoms with E-state index in [-0.39, 0.29) is 24.3 Å². The number of anilines is 1. The van der Waals surface area contributed by atoms with Crippen LogP contribution < -0.4 is 15.4 Å². The number of likely N-dealkylation sites (tertiary alicyclic amines) is 1. The Morgan fingerprint density at radius 2 is 1.84 bits per heavy atom. The SMILES string of the molecule is COc1ccc(NC(=O)C2N(CCCCCO)C(=O)[C@@H]3[C@@H](C(=O)NCc4ccccc4)[C@H]4CCC23O4)cc1. The topological polar surface area (TPSA) is 117 Å². The molecule has 5 rings (SSSR count). The highest BCUT2D eigenvalue weighted by atomic mass is 16.5. The molecule has 3 aliphatic heterocycles. The third-order valence-corrected chi connectivity index (χ3v) is 8.08. The summed E-state index contributed by atoms with van der Waals surface area (Å²) in [5.41, 5.74) is 0.525. The number of unbranched alkanes of at least 4 members (excludes halogenated alkanes) is 2. The van der Waals surface area contributed by atoms with Gasteiger partial charge in [0.2, 0.25) is 17.7 Å². The minimum absolute atomic E-state index is 0.0797. The molecule has 3 heterocycles. The van der Waals surface area contributed by atoms with Crippen molar-refractivity contribution < 1.29 is 29.0 Å². The minimum atomic E-state index is -1.04. The van der Waals surface area contributed by atoms with Crippen LogP contribution in [0.25, 0.3) is 0 Å². The van der Waals surface area contributed by atoms with Gasteiger partial charge in [-0.3, -0.25) is 14.4 Å². The van der Waals surface area contributed by atoms with Gasteiger partial charge in [-0.15, -0.1) is 0 Å². The van der Waals surface area contributed by atoms with Crippen molar-refractivity contribution >= 4 is 23.4 Å². The first-order valence-electron chi connectivity index (χ1n) is 13.3. The highest BCUT2D eigenvalue weighted by molar-refractivity contribution is 6.03. The molecule has 1 spiro atoms. The van der Waals surface area contributed by atoms with Crippen LogP contribution >= 0.6 is 0 Å². The molecule has 3 N–H and O–H groups in total. The molecule has 5 atom stereocenters. The predicted molar refractivity (Wildman–Crippen MR) is 140 cm³/mol. The van der Waals surface area contributed by atoms with Gasteiger partial charge < -0.3 is 30.1 Å². The van der Waals surface area contributed by atoms with Crippen molar-refractivity contribution in [2.24, 2.45) is 11.8 Å². The molecule has 9 nitrogen and oxygen atoms in total. The first kappa shape index (κ1) is 26.2. The van der Waals surface area contributed by atoms with Gasteiger partial charge >= 0.3 is 0 Å². The Hall–Kier alpha value is -3.43. The standard InChI is InChI=1S/C29H35N3O6/c1-37-21-12-10-20(11-13-21)31-27(35)25-29-15-14-22(38-29)23(26(34)30-18-19-8-4-2-5-9-19)24(29)28(36)32(25)16-6-3-7-17-33/h2,4-5,8-13,22-25,33H,3,6-7,14-18H2,1H3,(H,30,34)(H,31,35)/t22-,23+,24+,25?,29?/m1/s1. The Labute approximate surface area is 222 Å². The number of rotatable bonds is 11. The number of carbonyl (C=O) groups is 3. The van der Waals surface area contributed by atoms with E-state index in [9.17, 15) is 19.5 Å². The van der Waals surface area contributed by atoms with Crippen molar-refractivity contribution in [1.82, 2.24) is 10.2 Å². The average Bonchev–Trinajstić information content (AvgIpc) is 3.58. The van der Waals surface area contributed by atoms with Crippen LogP contribution in [0.5, 0.6) is 5.75 Å². The zero-order valence-corrected chi connectivity index (χ0v) is 21.6. The van der Waals surface area contributed by atoms with E-state index in [4.69, 9.17) is 9.47 Å². The Morgan fingerprint density at radius 1 is 1.08 bits per heavy atom. The van der Waals surface area contributed by atoms with Crippen LogP contribution in [0.15, 0.2) is 54.6 Å². The molecule has 3 saturated heterocycles. The van der Waals surface area contributed by atoms with Crippen LogP contribution in [-0.2, 0) is 25.7 Å². The van der Waals surface area contributed by atoms with Crippen molar-refractivity contribution in [2.75, 3.05) is 25.6 Å². The molecule has 3 amide bonds. The summed E-state index contributed by atoms with van der Waals surface area (Å²) in [6.07, 6.45) is 2.78. The van der Waals surface area contributed by atoms with E-state index in [0.717, 1.165) is 12.0 Å². The van der Waals surface area contributed by atoms with Gasteiger partial charge in [-0.25, -0.2) is 0 Å². The summed E-state index contributed by atoms with van der Waals surface area (Å²) >= 11 is 0. The smallest absolute Gasteiger partial charge is 0.250 e. The lowest BCUT2D eigenvalue weighted by Crippen LogP contribution is -2.53. The lowest BCUT2D eigenvalue weighted by atomic mass is 9.70. The molecule has 2 aromatic rings. The molecule has 3 aliphatic rings. The molecular weight excluding hydrogens is 486 g/mol. The molecule has 0 saturated carbocycles. The molecule has 202 valence electrons. The van der Waals surface area contributed by atoms with Gasteiger partial charge in [0.15, 0.2) is 0 Å². The fourth-order valence-electron chi connectivity index (χ4n) is 6.35. The second-order valence-electron chi connectivity index (χ2n) is 10.3. The van der Waals surface area contributed by atoms with Gasteiger partial charge in [0.1, 0.15) is 17.4 Å². The van der Waals surface area contributed by atoms with Gasteiger partial charge in [-0.2, -0.15) is 0 Å². The number of amides is 3. The summed E-state index contributed by atoms with van der Waals surface area (Å²) in [5.74, 6) is -1.41. The highest BCUT2D eigenvalue weighted by Crippen LogP contribution is 2.58. The number of benzene rings is 2. The minimum Gasteiger partial charge on any atom is -0.497 e. The molecule has 38 heavy (non-hydrogen) atoms. The average molecular weight is 522 g/mol. The van der Waals surface area contributed by atoms with Gasteiger partial charge in [0.25, 0.3) is 0 Å². The van der Waals surface area contributed by atoms with Crippen LogP contribution in [0.4, 0.5) is 5.69 Å². The molecule has 0 radical (unpaired) electrons. The molecule has 2 bridgehead atoms. The third kappa shape index (κ3) is 4.76. The van der Waals surface area contributed by atoms with Crippen molar-refractivity contribution in [3.05, 3.63) is 60.2 Å². The summed E-state index contributed by atoms with van der Waals surface area (Å²) in [7, 11) is 1.58. The van der Waals surface area contributed by atoms with Gasteiger partial charge in [-0.1, -0.05) is 30.3 Å². The fraction of sp³-hybridized carbons (Fsp3) is 0.483. The van der Waals surface area contributed by atoms with E-state index in [1.54, 1.807) is 36.3 Å². The quantitative estimate of drug-likeness (QED) is 0.391. The summed E-state index contributed by atoms with van der Waals surface area (Å²) in [6, 6.07) is 15.8. The Balaban J connectivity index is 1.38. The second kappa shape index (κ2) is 11.1. The van der Waals surface area contributed by atoms with Gasteiger partial charge in [0.05, 0.1) is 25.0 Å². The zero-order chi connectivity index (χ0) is 26.7. The second-order valence-corrected chi connectivity index (χ2v) is 10.3. The fourth-order valence-corrected chi connectivity index (χ4v) is 6.35. The Kier molecular flexibility index (Phi) is 7.67. The summed E-state index contributed by atoms with van der Waals surface area (Å²) in [6.45, 7) is 0.809. The molecule has 9 heteroatoms. The lowest BCUT2D eigenvalue weighted by molar-refractivity contribution is -0.141. The van der Waals surface area contributed by atoms with Gasteiger partial charge in [-0.05, 0) is 61.9 Å². The van der Waals surface area contributed by atoms with Crippen molar-refractivity contribution in [3.63, 3.8) is 0 Å². The number of aliphatic hydroxyl groups excluding tert-OH is 1. The van der Waals surface area contributed by atoms with E-state index in [1.807, 2.05) is 30.3 Å². The predicted octanol–water partition coefficient (Wildman–Crippen LogP) is 2.49. The van der Waals surface area contributed by atoms with Crippen LogP contribution in [0, 0.1) is 11.8 Å². The maximum absolute atomic E-state index is 13.9. The summed E-state index contributed by atoms with van der Waals surface area (Å²) in [4.78, 5) is 42.7. The largest absolute Gasteiger partial charge is 0.497 e. The van der Waals surface area contributed by atoms with E-state index >= 15 is 0 Å². The number of nitrogens with one attached hydrogen (secondary N) is 2. The lowest BCUT2D eigenvalue weighted by Gasteiger charge is -2.33. The molecular formula is C29H35N3O6. The Morgan fingerprint density at radius 3 is 2.55 bits per heavy atom. The number of hydrogen-bond donors (Lipinski definition) is 3. The van der Waals surface area contributed by atoms with E-state index < -0.39 is 29.6 Å². The number of hydrogen-bond acceptors (Lipinski definition) is 6. The summed E-state index contributed by atoms with van der Waals surface area (Å²) < 4.78 is 11.7. The normalized spacial score (nSPS) is 27.3. The third-order valence-electron chi connectivity index (χ3n) is 8.08.